The van der Waals surface area contributed by atoms with Crippen molar-refractivity contribution in [2.24, 2.45) is 0 Å². The molecule has 6 heteroatoms. The Kier molecular flexibility index (Phi) is 5.07. The Morgan fingerprint density at radius 1 is 0.963 bits per heavy atom. The van der Waals surface area contributed by atoms with Crippen molar-refractivity contribution in [3.05, 3.63) is 83.4 Å². The van der Waals surface area contributed by atoms with Gasteiger partial charge in [-0.1, -0.05) is 47.6 Å². The lowest BCUT2D eigenvalue weighted by molar-refractivity contribution is 0.413. The zero-order chi connectivity index (χ0) is 18.6. The Balaban J connectivity index is 1.42. The molecule has 0 N–H and O–H groups in total. The smallest absolute Gasteiger partial charge is 0.293 e. The Morgan fingerprint density at radius 2 is 1.78 bits per heavy atom. The third kappa shape index (κ3) is 3.95. The number of furan rings is 1. The Morgan fingerprint density at radius 3 is 2.63 bits per heavy atom. The van der Waals surface area contributed by atoms with Crippen LogP contribution in [0.3, 0.4) is 0 Å². The van der Waals surface area contributed by atoms with Crippen LogP contribution in [0.4, 0.5) is 4.39 Å². The molecule has 4 aromatic rings. The first-order valence-electron chi connectivity index (χ1n) is 8.50. The van der Waals surface area contributed by atoms with Gasteiger partial charge in [0, 0.05) is 11.3 Å². The first-order valence-corrected chi connectivity index (χ1v) is 9.66. The lowest BCUT2D eigenvalue weighted by Crippen LogP contribution is -1.87. The lowest BCUT2D eigenvalue weighted by Gasteiger charge is -2.01. The van der Waals surface area contributed by atoms with Crippen molar-refractivity contribution in [1.29, 1.82) is 0 Å². The average molecular weight is 380 g/mol. The molecule has 0 unspecified atom stereocenters. The van der Waals surface area contributed by atoms with Gasteiger partial charge in [-0.25, -0.2) is 4.39 Å². The van der Waals surface area contributed by atoms with E-state index in [1.54, 1.807) is 23.9 Å². The third-order valence-electron chi connectivity index (χ3n) is 4.14. The van der Waals surface area contributed by atoms with Crippen LogP contribution in [-0.2, 0) is 11.5 Å². The molecule has 2 aromatic carbocycles. The number of thioether (sulfide) groups is 1. The van der Waals surface area contributed by atoms with Gasteiger partial charge in [0.05, 0.1) is 5.75 Å². The van der Waals surface area contributed by atoms with Crippen molar-refractivity contribution in [3.63, 3.8) is 0 Å². The molecule has 0 amide bonds. The van der Waals surface area contributed by atoms with Crippen LogP contribution >= 0.6 is 11.8 Å². The van der Waals surface area contributed by atoms with Gasteiger partial charge in [0.2, 0.25) is 5.82 Å². The van der Waals surface area contributed by atoms with Gasteiger partial charge >= 0.3 is 0 Å². The molecule has 0 radical (unpaired) electrons. The highest BCUT2D eigenvalue weighted by Gasteiger charge is 2.15. The van der Waals surface area contributed by atoms with Crippen LogP contribution in [0.1, 0.15) is 16.9 Å². The van der Waals surface area contributed by atoms with Crippen molar-refractivity contribution in [2.75, 3.05) is 0 Å². The molecular weight excluding hydrogens is 363 g/mol. The predicted octanol–water partition coefficient (Wildman–Crippen LogP) is 5.88. The SMILES string of the molecule is Cc1ccccc1-c1noc(-c2ccc(CSCc3ccccc3F)o2)n1. The maximum Gasteiger partial charge on any atom is 0.293 e. The van der Waals surface area contributed by atoms with E-state index in [2.05, 4.69) is 10.1 Å². The molecule has 0 atom stereocenters. The molecule has 2 aromatic heterocycles. The highest BCUT2D eigenvalue weighted by molar-refractivity contribution is 7.97. The minimum atomic E-state index is -0.181. The topological polar surface area (TPSA) is 52.1 Å². The van der Waals surface area contributed by atoms with Crippen molar-refractivity contribution < 1.29 is 13.3 Å². The predicted molar refractivity (Wildman–Crippen MR) is 104 cm³/mol. The number of hydrogen-bond donors (Lipinski definition) is 0. The van der Waals surface area contributed by atoms with Gasteiger partial charge in [-0.15, -0.1) is 11.8 Å². The first kappa shape index (κ1) is 17.5. The molecule has 4 rings (SSSR count). The molecule has 0 saturated heterocycles. The highest BCUT2D eigenvalue weighted by atomic mass is 32.2. The summed E-state index contributed by atoms with van der Waals surface area (Å²) in [5.74, 6) is 3.23. The van der Waals surface area contributed by atoms with Gasteiger partial charge in [0.1, 0.15) is 11.6 Å². The fourth-order valence-electron chi connectivity index (χ4n) is 2.70. The lowest BCUT2D eigenvalue weighted by atomic mass is 10.1. The van der Waals surface area contributed by atoms with Crippen LogP contribution in [0.5, 0.6) is 0 Å². The number of aromatic nitrogens is 2. The molecule has 0 fully saturated rings. The fraction of sp³-hybridized carbons (Fsp3) is 0.143. The van der Waals surface area contributed by atoms with Crippen LogP contribution in [0, 0.1) is 12.7 Å². The maximum absolute atomic E-state index is 13.6. The van der Waals surface area contributed by atoms with Gasteiger partial charge in [0.25, 0.3) is 5.89 Å². The summed E-state index contributed by atoms with van der Waals surface area (Å²) in [5.41, 5.74) is 2.70. The largest absolute Gasteiger partial charge is 0.455 e. The second kappa shape index (κ2) is 7.80. The van der Waals surface area contributed by atoms with Crippen molar-refractivity contribution >= 4 is 11.8 Å². The summed E-state index contributed by atoms with van der Waals surface area (Å²) in [6, 6.07) is 18.4. The minimum Gasteiger partial charge on any atom is -0.455 e. The first-order chi connectivity index (χ1) is 13.2. The maximum atomic E-state index is 13.6. The van der Waals surface area contributed by atoms with E-state index in [9.17, 15) is 4.39 Å². The Hall–Kier alpha value is -2.86. The van der Waals surface area contributed by atoms with E-state index in [0.717, 1.165) is 16.9 Å². The van der Waals surface area contributed by atoms with Crippen molar-refractivity contribution in [1.82, 2.24) is 10.1 Å². The van der Waals surface area contributed by atoms with E-state index in [0.29, 0.717) is 34.5 Å². The summed E-state index contributed by atoms with van der Waals surface area (Å²) in [5, 5.41) is 4.05. The van der Waals surface area contributed by atoms with Crippen LogP contribution in [-0.4, -0.2) is 10.1 Å². The Labute approximate surface area is 160 Å². The molecule has 27 heavy (non-hydrogen) atoms. The number of aryl methyl sites for hydroxylation is 1. The summed E-state index contributed by atoms with van der Waals surface area (Å²) in [7, 11) is 0. The number of halogens is 1. The summed E-state index contributed by atoms with van der Waals surface area (Å²) < 4.78 is 24.8. The van der Waals surface area contributed by atoms with Crippen LogP contribution < -0.4 is 0 Å². The Bertz CT molecular complexity index is 1060. The van der Waals surface area contributed by atoms with Crippen molar-refractivity contribution in [3.8, 4) is 23.0 Å². The van der Waals surface area contributed by atoms with Gasteiger partial charge < -0.3 is 8.94 Å². The molecule has 0 bridgehead atoms. The van der Waals surface area contributed by atoms with E-state index in [4.69, 9.17) is 8.94 Å². The molecular formula is C21H17FN2O2S. The second-order valence-electron chi connectivity index (χ2n) is 6.09. The van der Waals surface area contributed by atoms with Crippen LogP contribution in [0.2, 0.25) is 0 Å². The van der Waals surface area contributed by atoms with E-state index in [1.807, 2.05) is 49.4 Å². The molecule has 0 aliphatic heterocycles. The average Bonchev–Trinajstić information content (AvgIpc) is 3.33. The minimum absolute atomic E-state index is 0.181. The standard InChI is InChI=1S/C21H17FN2O2S/c1-14-6-2-4-8-17(14)20-23-21(26-24-20)19-11-10-16(25-19)13-27-12-15-7-3-5-9-18(15)22/h2-11H,12-13H2,1H3. The number of rotatable bonds is 6. The highest BCUT2D eigenvalue weighted by Crippen LogP contribution is 2.27. The van der Waals surface area contributed by atoms with Crippen LogP contribution in [0.15, 0.2) is 69.6 Å². The fourth-order valence-corrected chi connectivity index (χ4v) is 3.62. The van der Waals surface area contributed by atoms with E-state index in [1.165, 1.54) is 6.07 Å². The number of nitrogens with zero attached hydrogens (tertiary/aromatic N) is 2. The zero-order valence-corrected chi connectivity index (χ0v) is 15.5. The molecule has 0 saturated carbocycles. The monoisotopic (exact) mass is 380 g/mol. The molecule has 0 spiro atoms. The van der Waals surface area contributed by atoms with E-state index >= 15 is 0 Å². The van der Waals surface area contributed by atoms with Gasteiger partial charge in [-0.3, -0.25) is 0 Å². The third-order valence-corrected chi connectivity index (χ3v) is 5.15. The number of hydrogen-bond acceptors (Lipinski definition) is 5. The quantitative estimate of drug-likeness (QED) is 0.418. The number of benzene rings is 2. The summed E-state index contributed by atoms with van der Waals surface area (Å²) in [6.07, 6.45) is 0. The van der Waals surface area contributed by atoms with E-state index in [-0.39, 0.29) is 5.82 Å². The van der Waals surface area contributed by atoms with Crippen molar-refractivity contribution in [2.45, 2.75) is 18.4 Å². The zero-order valence-electron chi connectivity index (χ0n) is 14.7. The normalized spacial score (nSPS) is 11.0. The summed E-state index contributed by atoms with van der Waals surface area (Å²) in [4.78, 5) is 4.44. The summed E-state index contributed by atoms with van der Waals surface area (Å²) >= 11 is 1.59. The van der Waals surface area contributed by atoms with Gasteiger partial charge in [0.15, 0.2) is 5.76 Å². The van der Waals surface area contributed by atoms with Crippen LogP contribution in [0.25, 0.3) is 23.0 Å². The molecule has 0 aliphatic rings. The molecule has 2 heterocycles. The molecule has 4 nitrogen and oxygen atoms in total. The van der Waals surface area contributed by atoms with E-state index < -0.39 is 0 Å². The molecule has 136 valence electrons. The van der Waals surface area contributed by atoms with Gasteiger partial charge in [-0.2, -0.15) is 4.98 Å². The second-order valence-corrected chi connectivity index (χ2v) is 7.07. The molecule has 0 aliphatic carbocycles. The van der Waals surface area contributed by atoms with Gasteiger partial charge in [-0.05, 0) is 36.2 Å². The summed E-state index contributed by atoms with van der Waals surface area (Å²) in [6.45, 7) is 2.00.